The Hall–Kier alpha value is -2.75. The summed E-state index contributed by atoms with van der Waals surface area (Å²) in [6.07, 6.45) is 2.45. The minimum absolute atomic E-state index is 0.261. The van der Waals surface area contributed by atoms with Gasteiger partial charge in [-0.15, -0.1) is 0 Å². The number of hydrogen-bond donors (Lipinski definition) is 1. The fraction of sp³-hybridized carbons (Fsp3) is 0.286. The molecule has 0 bridgehead atoms. The van der Waals surface area contributed by atoms with Gasteiger partial charge in [-0.05, 0) is 54.3 Å². The summed E-state index contributed by atoms with van der Waals surface area (Å²) in [7, 11) is 1.67. The molecule has 0 aliphatic carbocycles. The van der Waals surface area contributed by atoms with Crippen LogP contribution in [0.15, 0.2) is 48.5 Å². The van der Waals surface area contributed by atoms with Gasteiger partial charge in [0, 0.05) is 36.1 Å². The number of hydrogen-bond acceptors (Lipinski definition) is 2. The molecule has 0 unspecified atom stereocenters. The highest BCUT2D eigenvalue weighted by Gasteiger charge is 2.21. The highest BCUT2D eigenvalue weighted by Crippen LogP contribution is 2.32. The van der Waals surface area contributed by atoms with Crippen LogP contribution in [0, 0.1) is 0 Å². The lowest BCUT2D eigenvalue weighted by Crippen LogP contribution is -2.42. The Kier molecular flexibility index (Phi) is 4.18. The molecule has 3 aromatic rings. The van der Waals surface area contributed by atoms with Crippen LogP contribution < -0.4 is 4.74 Å². The van der Waals surface area contributed by atoms with Gasteiger partial charge >= 0.3 is 0 Å². The largest absolute Gasteiger partial charge is 0.497 e. The van der Waals surface area contributed by atoms with E-state index in [1.807, 2.05) is 23.1 Å². The molecule has 4 heteroatoms. The number of methoxy groups -OCH3 is 1. The number of nitrogens with one attached hydrogen (secondary N) is 1. The second kappa shape index (κ2) is 6.63. The summed E-state index contributed by atoms with van der Waals surface area (Å²) in [4.78, 5) is 17.8. The van der Waals surface area contributed by atoms with Gasteiger partial charge in [0.05, 0.1) is 7.11 Å². The highest BCUT2D eigenvalue weighted by atomic mass is 16.5. The fourth-order valence-electron chi connectivity index (χ4n) is 3.42. The Morgan fingerprint density at radius 1 is 1.12 bits per heavy atom. The third-order valence-corrected chi connectivity index (χ3v) is 4.99. The zero-order chi connectivity index (χ0) is 17.2. The first kappa shape index (κ1) is 15.8. The first-order valence-electron chi connectivity index (χ1n) is 8.78. The van der Waals surface area contributed by atoms with E-state index in [1.165, 1.54) is 10.9 Å². The molecule has 0 radical (unpaired) electrons. The molecular weight excluding hydrogens is 312 g/mol. The predicted molar refractivity (Wildman–Crippen MR) is 99.8 cm³/mol. The van der Waals surface area contributed by atoms with Crippen LogP contribution in [-0.4, -0.2) is 36.0 Å². The number of H-pyrrole nitrogens is 1. The number of likely N-dealkylation sites (tertiary alicyclic amines) is 1. The summed E-state index contributed by atoms with van der Waals surface area (Å²) in [5.41, 5.74) is 4.54. The lowest BCUT2D eigenvalue weighted by molar-refractivity contribution is -0.134. The summed E-state index contributed by atoms with van der Waals surface area (Å²) >= 11 is 0. The number of ether oxygens (including phenoxy) is 1. The molecule has 1 amide bonds. The number of fused-ring (bicyclic) bond motifs is 1. The Labute approximate surface area is 147 Å². The summed E-state index contributed by atoms with van der Waals surface area (Å²) in [6.45, 7) is 1.83. The van der Waals surface area contributed by atoms with Gasteiger partial charge in [-0.25, -0.2) is 0 Å². The van der Waals surface area contributed by atoms with Crippen molar-refractivity contribution in [1.82, 2.24) is 9.88 Å². The number of amides is 1. The number of aryl methyl sites for hydroxylation is 1. The Morgan fingerprint density at radius 2 is 1.88 bits per heavy atom. The van der Waals surface area contributed by atoms with E-state index in [0.29, 0.717) is 6.42 Å². The maximum atomic E-state index is 12.3. The molecule has 1 aromatic heterocycles. The van der Waals surface area contributed by atoms with E-state index >= 15 is 0 Å². The molecule has 0 saturated carbocycles. The van der Waals surface area contributed by atoms with E-state index in [4.69, 9.17) is 4.74 Å². The second-order valence-electron chi connectivity index (χ2n) is 6.49. The molecule has 2 aromatic carbocycles. The molecular formula is C21H22N2O2. The van der Waals surface area contributed by atoms with Gasteiger partial charge in [-0.1, -0.05) is 18.2 Å². The maximum absolute atomic E-state index is 12.3. The van der Waals surface area contributed by atoms with Crippen LogP contribution >= 0.6 is 0 Å². The quantitative estimate of drug-likeness (QED) is 0.766. The van der Waals surface area contributed by atoms with E-state index in [-0.39, 0.29) is 5.91 Å². The van der Waals surface area contributed by atoms with Crippen molar-refractivity contribution in [2.45, 2.75) is 19.3 Å². The zero-order valence-electron chi connectivity index (χ0n) is 14.4. The van der Waals surface area contributed by atoms with Crippen molar-refractivity contribution in [2.24, 2.45) is 0 Å². The van der Waals surface area contributed by atoms with Crippen molar-refractivity contribution >= 4 is 16.8 Å². The van der Waals surface area contributed by atoms with Crippen molar-refractivity contribution in [3.63, 3.8) is 0 Å². The molecule has 0 spiro atoms. The topological polar surface area (TPSA) is 45.3 Å². The third-order valence-electron chi connectivity index (χ3n) is 4.99. The molecule has 1 saturated heterocycles. The van der Waals surface area contributed by atoms with E-state index in [2.05, 4.69) is 35.3 Å². The predicted octanol–water partition coefficient (Wildman–Crippen LogP) is 4.01. The summed E-state index contributed by atoms with van der Waals surface area (Å²) in [5.74, 6) is 1.10. The van der Waals surface area contributed by atoms with Crippen LogP contribution in [0.3, 0.4) is 0 Å². The van der Waals surface area contributed by atoms with Crippen LogP contribution in [0.5, 0.6) is 5.75 Å². The average molecular weight is 334 g/mol. The van der Waals surface area contributed by atoms with Gasteiger partial charge in [-0.2, -0.15) is 0 Å². The number of carbonyl (C=O) groups is 1. The smallest absolute Gasteiger partial charge is 0.222 e. The number of benzene rings is 2. The monoisotopic (exact) mass is 334 g/mol. The SMILES string of the molecule is COc1ccc(-c2[nH]c3ccccc3c2CCC(=O)N2CCC2)cc1. The van der Waals surface area contributed by atoms with Crippen molar-refractivity contribution in [1.29, 1.82) is 0 Å². The molecule has 1 aliphatic heterocycles. The molecule has 0 atom stereocenters. The average Bonchev–Trinajstić information content (AvgIpc) is 2.97. The van der Waals surface area contributed by atoms with Gasteiger partial charge in [-0.3, -0.25) is 4.79 Å². The van der Waals surface area contributed by atoms with E-state index in [1.54, 1.807) is 7.11 Å². The Morgan fingerprint density at radius 3 is 2.56 bits per heavy atom. The molecule has 1 fully saturated rings. The van der Waals surface area contributed by atoms with Crippen LogP contribution in [0.4, 0.5) is 0 Å². The zero-order valence-corrected chi connectivity index (χ0v) is 14.4. The first-order chi connectivity index (χ1) is 12.3. The normalized spacial score (nSPS) is 13.7. The molecule has 4 rings (SSSR count). The third kappa shape index (κ3) is 3.00. The number of para-hydroxylation sites is 1. The molecule has 25 heavy (non-hydrogen) atoms. The molecule has 2 heterocycles. The molecule has 4 nitrogen and oxygen atoms in total. The molecule has 128 valence electrons. The number of aromatic nitrogens is 1. The standard InChI is InChI=1S/C21H22N2O2/c1-25-16-9-7-15(8-10-16)21-18(11-12-20(24)23-13-4-14-23)17-5-2-3-6-19(17)22-21/h2-3,5-10,22H,4,11-14H2,1H3. The summed E-state index contributed by atoms with van der Waals surface area (Å²) in [5, 5.41) is 1.20. The van der Waals surface area contributed by atoms with Crippen molar-refractivity contribution in [2.75, 3.05) is 20.2 Å². The van der Waals surface area contributed by atoms with E-state index in [9.17, 15) is 4.79 Å². The van der Waals surface area contributed by atoms with Gasteiger partial charge < -0.3 is 14.6 Å². The van der Waals surface area contributed by atoms with Gasteiger partial charge in [0.25, 0.3) is 0 Å². The number of carbonyl (C=O) groups excluding carboxylic acids is 1. The van der Waals surface area contributed by atoms with E-state index < -0.39 is 0 Å². The summed E-state index contributed by atoms with van der Waals surface area (Å²) in [6, 6.07) is 16.4. The van der Waals surface area contributed by atoms with Crippen molar-refractivity contribution < 1.29 is 9.53 Å². The van der Waals surface area contributed by atoms with Gasteiger partial charge in [0.15, 0.2) is 0 Å². The number of aromatic amines is 1. The number of nitrogens with zero attached hydrogens (tertiary/aromatic N) is 1. The second-order valence-corrected chi connectivity index (χ2v) is 6.49. The minimum atomic E-state index is 0.261. The fourth-order valence-corrected chi connectivity index (χ4v) is 3.42. The molecule has 1 aliphatic rings. The Balaban J connectivity index is 1.68. The Bertz CT molecular complexity index is 892. The lowest BCUT2D eigenvalue weighted by Gasteiger charge is -2.31. The van der Waals surface area contributed by atoms with Gasteiger partial charge in [0.2, 0.25) is 5.91 Å². The van der Waals surface area contributed by atoms with Crippen LogP contribution in [-0.2, 0) is 11.2 Å². The van der Waals surface area contributed by atoms with Crippen LogP contribution in [0.25, 0.3) is 22.2 Å². The first-order valence-corrected chi connectivity index (χ1v) is 8.78. The minimum Gasteiger partial charge on any atom is -0.497 e. The van der Waals surface area contributed by atoms with Crippen LogP contribution in [0.1, 0.15) is 18.4 Å². The van der Waals surface area contributed by atoms with Crippen molar-refractivity contribution in [3.05, 3.63) is 54.1 Å². The van der Waals surface area contributed by atoms with E-state index in [0.717, 1.165) is 48.5 Å². The summed E-state index contributed by atoms with van der Waals surface area (Å²) < 4.78 is 5.26. The van der Waals surface area contributed by atoms with Crippen LogP contribution in [0.2, 0.25) is 0 Å². The highest BCUT2D eigenvalue weighted by molar-refractivity contribution is 5.91. The maximum Gasteiger partial charge on any atom is 0.222 e. The number of rotatable bonds is 5. The van der Waals surface area contributed by atoms with Crippen molar-refractivity contribution in [3.8, 4) is 17.0 Å². The van der Waals surface area contributed by atoms with Gasteiger partial charge in [0.1, 0.15) is 5.75 Å². The lowest BCUT2D eigenvalue weighted by atomic mass is 10.0. The molecule has 1 N–H and O–H groups in total.